The molecule has 48 heavy (non-hydrogen) atoms. The highest BCUT2D eigenvalue weighted by Gasteiger charge is 2.48. The standard InChI is InChI=1S/2C18H21NO5/c2*1-22-16(20)15(14-7-10-24-18(11-14)8-9-18)19-17(21)23-12-13-5-3-2-4-6-13/h2*2-6H,7-12H2,1H3,(H,19,21)/b15-14+;15-14-. The number of nitrogens with one attached hydrogen (secondary N) is 2. The van der Waals surface area contributed by atoms with Crippen molar-refractivity contribution in [2.75, 3.05) is 27.4 Å². The van der Waals surface area contributed by atoms with Crippen LogP contribution >= 0.6 is 0 Å². The number of carbonyl (C=O) groups excluding carboxylic acids is 4. The molecule has 2 N–H and O–H groups in total. The first-order valence-corrected chi connectivity index (χ1v) is 16.1. The molecule has 12 heteroatoms. The summed E-state index contributed by atoms with van der Waals surface area (Å²) in [4.78, 5) is 48.2. The lowest BCUT2D eigenvalue weighted by Crippen LogP contribution is -2.33. The molecule has 0 bridgehead atoms. The van der Waals surface area contributed by atoms with E-state index >= 15 is 0 Å². The lowest BCUT2D eigenvalue weighted by atomic mass is 9.98. The molecule has 0 aromatic heterocycles. The Labute approximate surface area is 279 Å². The first-order valence-electron chi connectivity index (χ1n) is 16.1. The summed E-state index contributed by atoms with van der Waals surface area (Å²) in [5, 5.41) is 5.12. The minimum atomic E-state index is -0.664. The van der Waals surface area contributed by atoms with Gasteiger partial charge in [0.05, 0.1) is 38.6 Å². The van der Waals surface area contributed by atoms with Crippen LogP contribution in [-0.4, -0.2) is 62.8 Å². The van der Waals surface area contributed by atoms with Crippen molar-refractivity contribution in [3.8, 4) is 0 Å². The van der Waals surface area contributed by atoms with Crippen LogP contribution in [0.4, 0.5) is 9.59 Å². The molecule has 6 rings (SSSR count). The molecule has 2 saturated heterocycles. The predicted molar refractivity (Wildman–Crippen MR) is 172 cm³/mol. The Morgan fingerprint density at radius 1 is 0.625 bits per heavy atom. The Morgan fingerprint density at radius 3 is 1.33 bits per heavy atom. The fourth-order valence-corrected chi connectivity index (χ4v) is 5.68. The maximum Gasteiger partial charge on any atom is 0.412 e. The largest absolute Gasteiger partial charge is 0.464 e. The summed E-state index contributed by atoms with van der Waals surface area (Å²) in [5.74, 6) is -1.11. The van der Waals surface area contributed by atoms with Gasteiger partial charge in [0.25, 0.3) is 0 Å². The molecule has 12 nitrogen and oxygen atoms in total. The second kappa shape index (κ2) is 15.9. The molecular weight excluding hydrogens is 620 g/mol. The number of amides is 2. The van der Waals surface area contributed by atoms with Crippen molar-refractivity contribution in [3.05, 3.63) is 94.3 Å². The van der Waals surface area contributed by atoms with Gasteiger partial charge in [-0.2, -0.15) is 0 Å². The van der Waals surface area contributed by atoms with E-state index in [0.717, 1.165) is 48.0 Å². The first-order chi connectivity index (χ1) is 23.2. The molecular formula is C36H42N2O10. The van der Waals surface area contributed by atoms with E-state index in [9.17, 15) is 19.2 Å². The summed E-state index contributed by atoms with van der Waals surface area (Å²) < 4.78 is 31.5. The van der Waals surface area contributed by atoms with Gasteiger partial charge < -0.3 is 28.4 Å². The molecule has 2 amide bonds. The maximum absolute atomic E-state index is 12.1. The topological polar surface area (TPSA) is 148 Å². The smallest absolute Gasteiger partial charge is 0.412 e. The van der Waals surface area contributed by atoms with E-state index < -0.39 is 24.1 Å². The van der Waals surface area contributed by atoms with Gasteiger partial charge in [-0.15, -0.1) is 0 Å². The highest BCUT2D eigenvalue weighted by Crippen LogP contribution is 2.49. The number of ether oxygens (including phenoxy) is 6. The van der Waals surface area contributed by atoms with Gasteiger partial charge in [0.2, 0.25) is 0 Å². The normalized spacial score (nSPS) is 20.2. The number of carbonyl (C=O) groups is 4. The van der Waals surface area contributed by atoms with Crippen LogP contribution < -0.4 is 10.6 Å². The van der Waals surface area contributed by atoms with Crippen LogP contribution in [-0.2, 0) is 51.2 Å². The van der Waals surface area contributed by atoms with Crippen LogP contribution in [0.1, 0.15) is 62.5 Å². The Balaban J connectivity index is 0.000000188. The van der Waals surface area contributed by atoms with E-state index in [1.54, 1.807) is 0 Å². The van der Waals surface area contributed by atoms with Crippen molar-refractivity contribution in [3.63, 3.8) is 0 Å². The van der Waals surface area contributed by atoms with E-state index in [0.29, 0.717) is 38.9 Å². The molecule has 2 heterocycles. The van der Waals surface area contributed by atoms with E-state index in [1.165, 1.54) is 14.2 Å². The third kappa shape index (κ3) is 9.68. The molecule has 2 aromatic rings. The van der Waals surface area contributed by atoms with Gasteiger partial charge in [-0.05, 0) is 60.8 Å². The van der Waals surface area contributed by atoms with Crippen LogP contribution in [0.2, 0.25) is 0 Å². The van der Waals surface area contributed by atoms with Crippen molar-refractivity contribution in [2.45, 2.75) is 75.8 Å². The number of hydrogen-bond acceptors (Lipinski definition) is 10. The summed E-state index contributed by atoms with van der Waals surface area (Å²) >= 11 is 0. The maximum atomic E-state index is 12.1. The van der Waals surface area contributed by atoms with Gasteiger partial charge in [0.15, 0.2) is 0 Å². The Hall–Kier alpha value is -4.68. The van der Waals surface area contributed by atoms with Gasteiger partial charge in [-0.1, -0.05) is 60.7 Å². The second-order valence-corrected chi connectivity index (χ2v) is 12.2. The van der Waals surface area contributed by atoms with Crippen LogP contribution in [0.5, 0.6) is 0 Å². The average Bonchev–Trinajstić information content (AvgIpc) is 4.06. The van der Waals surface area contributed by atoms with E-state index in [1.807, 2.05) is 60.7 Å². The Kier molecular flexibility index (Phi) is 11.5. The lowest BCUT2D eigenvalue weighted by Gasteiger charge is -2.26. The first kappa shape index (κ1) is 34.6. The van der Waals surface area contributed by atoms with Crippen molar-refractivity contribution < 1.29 is 47.6 Å². The molecule has 0 unspecified atom stereocenters. The zero-order chi connectivity index (χ0) is 34.0. The quantitative estimate of drug-likeness (QED) is 0.215. The molecule has 2 aromatic carbocycles. The minimum Gasteiger partial charge on any atom is -0.464 e. The summed E-state index contributed by atoms with van der Waals surface area (Å²) in [6, 6.07) is 18.7. The number of rotatable bonds is 8. The minimum absolute atomic E-state index is 0.136. The van der Waals surface area contributed by atoms with Crippen LogP contribution in [0.3, 0.4) is 0 Å². The molecule has 256 valence electrons. The fourth-order valence-electron chi connectivity index (χ4n) is 5.68. The fraction of sp³-hybridized carbons (Fsp3) is 0.444. The van der Waals surface area contributed by atoms with Crippen LogP contribution in [0, 0.1) is 0 Å². The van der Waals surface area contributed by atoms with Crippen LogP contribution in [0.25, 0.3) is 0 Å². The lowest BCUT2D eigenvalue weighted by molar-refractivity contribution is -0.137. The molecule has 4 fully saturated rings. The zero-order valence-corrected chi connectivity index (χ0v) is 27.3. The molecule has 4 aliphatic rings. The van der Waals surface area contributed by atoms with Gasteiger partial charge in [0, 0.05) is 12.8 Å². The monoisotopic (exact) mass is 662 g/mol. The second-order valence-electron chi connectivity index (χ2n) is 12.2. The van der Waals surface area contributed by atoms with Gasteiger partial charge in [-0.3, -0.25) is 10.6 Å². The van der Waals surface area contributed by atoms with Gasteiger partial charge in [0.1, 0.15) is 24.6 Å². The molecule has 2 saturated carbocycles. The van der Waals surface area contributed by atoms with Gasteiger partial charge in [-0.25, -0.2) is 19.2 Å². The number of methoxy groups -OCH3 is 2. The van der Waals surface area contributed by atoms with E-state index in [4.69, 9.17) is 28.4 Å². The zero-order valence-electron chi connectivity index (χ0n) is 27.3. The van der Waals surface area contributed by atoms with E-state index in [-0.39, 0.29) is 35.8 Å². The molecule has 2 aliphatic carbocycles. The number of hydrogen-bond donors (Lipinski definition) is 2. The third-order valence-corrected chi connectivity index (χ3v) is 8.68. The summed E-state index contributed by atoms with van der Waals surface area (Å²) in [5.41, 5.74) is 3.58. The number of esters is 2. The third-order valence-electron chi connectivity index (χ3n) is 8.68. The average molecular weight is 663 g/mol. The van der Waals surface area contributed by atoms with E-state index in [2.05, 4.69) is 10.6 Å². The van der Waals surface area contributed by atoms with Crippen molar-refractivity contribution in [1.82, 2.24) is 10.6 Å². The number of alkyl carbamates (subject to hydrolysis) is 2. The summed E-state index contributed by atoms with van der Waals surface area (Å²) in [7, 11) is 2.60. The van der Waals surface area contributed by atoms with Crippen molar-refractivity contribution in [1.29, 1.82) is 0 Å². The van der Waals surface area contributed by atoms with Gasteiger partial charge >= 0.3 is 24.1 Å². The molecule has 2 aliphatic heterocycles. The number of benzene rings is 2. The summed E-state index contributed by atoms with van der Waals surface area (Å²) in [6.07, 6.45) is 5.13. The molecule has 2 spiro atoms. The van der Waals surface area contributed by atoms with Crippen LogP contribution in [0.15, 0.2) is 83.2 Å². The highest BCUT2D eigenvalue weighted by atomic mass is 16.6. The molecule has 0 radical (unpaired) electrons. The van der Waals surface area contributed by atoms with Crippen molar-refractivity contribution in [2.24, 2.45) is 0 Å². The van der Waals surface area contributed by atoms with Crippen molar-refractivity contribution >= 4 is 24.1 Å². The Bertz CT molecular complexity index is 1410. The molecule has 0 atom stereocenters. The summed E-state index contributed by atoms with van der Waals surface area (Å²) in [6.45, 7) is 1.39. The predicted octanol–water partition coefficient (Wildman–Crippen LogP) is 5.37. The highest BCUT2D eigenvalue weighted by molar-refractivity contribution is 5.93. The SMILES string of the molecule is COC(=O)/C(NC(=O)OCc1ccccc1)=C1/CCOC2(CC2)C1.COC(=O)/C(NC(=O)OCc1ccccc1)=C1\CCOC2(CC2)C1. The Morgan fingerprint density at radius 2 is 1.00 bits per heavy atom.